The molecule has 21 heavy (non-hydrogen) atoms. The molecule has 1 aromatic rings. The van der Waals surface area contributed by atoms with E-state index in [1.54, 1.807) is 18.2 Å². The van der Waals surface area contributed by atoms with Crippen LogP contribution in [0.4, 0.5) is 0 Å². The molecule has 2 rings (SSSR count). The summed E-state index contributed by atoms with van der Waals surface area (Å²) in [5.74, 6) is -0.159. The second-order valence-electron chi connectivity index (χ2n) is 7.04. The molecule has 0 saturated heterocycles. The minimum absolute atomic E-state index is 0.159. The maximum Gasteiger partial charge on any atom is 0.251 e. The Labute approximate surface area is 131 Å². The van der Waals surface area contributed by atoms with Gasteiger partial charge < -0.3 is 10.4 Å². The summed E-state index contributed by atoms with van der Waals surface area (Å²) in [6, 6.07) is 5.20. The highest BCUT2D eigenvalue weighted by Crippen LogP contribution is 2.39. The van der Waals surface area contributed by atoms with Gasteiger partial charge >= 0.3 is 0 Å². The monoisotopic (exact) mass is 309 g/mol. The fourth-order valence-electron chi connectivity index (χ4n) is 2.70. The van der Waals surface area contributed by atoms with Crippen LogP contribution < -0.4 is 5.32 Å². The lowest BCUT2D eigenvalue weighted by atomic mass is 9.71. The van der Waals surface area contributed by atoms with Gasteiger partial charge in [-0.15, -0.1) is 0 Å². The van der Waals surface area contributed by atoms with Crippen LogP contribution in [0.15, 0.2) is 18.2 Å². The van der Waals surface area contributed by atoms with Gasteiger partial charge in [-0.2, -0.15) is 0 Å². The maximum atomic E-state index is 12.2. The Balaban J connectivity index is 1.93. The number of nitrogens with one attached hydrogen (secondary N) is 1. The average molecular weight is 310 g/mol. The van der Waals surface area contributed by atoms with E-state index in [0.29, 0.717) is 22.5 Å². The van der Waals surface area contributed by atoms with Crippen molar-refractivity contribution in [3.05, 3.63) is 34.3 Å². The van der Waals surface area contributed by atoms with Gasteiger partial charge in [-0.25, -0.2) is 0 Å². The second-order valence-corrected chi connectivity index (χ2v) is 7.44. The first kappa shape index (κ1) is 16.3. The Morgan fingerprint density at radius 2 is 1.90 bits per heavy atom. The quantitative estimate of drug-likeness (QED) is 0.894. The van der Waals surface area contributed by atoms with Crippen molar-refractivity contribution in [2.75, 3.05) is 6.54 Å². The Morgan fingerprint density at radius 1 is 1.29 bits per heavy atom. The SMILES string of the molecule is Cc1cc(C(=O)NCC2(O)CCC(C)(C)CC2)ccc1Cl. The predicted molar refractivity (Wildman–Crippen MR) is 85.7 cm³/mol. The average Bonchev–Trinajstić information content (AvgIpc) is 2.43. The molecular formula is C17H24ClNO2. The lowest BCUT2D eigenvalue weighted by Crippen LogP contribution is -2.46. The van der Waals surface area contributed by atoms with Gasteiger partial charge in [0.2, 0.25) is 0 Å². The molecule has 0 unspecified atom stereocenters. The molecule has 1 saturated carbocycles. The van der Waals surface area contributed by atoms with E-state index in [9.17, 15) is 9.90 Å². The molecule has 3 nitrogen and oxygen atoms in total. The minimum atomic E-state index is -0.771. The number of rotatable bonds is 3. The van der Waals surface area contributed by atoms with E-state index in [2.05, 4.69) is 19.2 Å². The number of carbonyl (C=O) groups excluding carboxylic acids is 1. The summed E-state index contributed by atoms with van der Waals surface area (Å²) in [6.45, 7) is 6.63. The molecule has 0 atom stereocenters. The summed E-state index contributed by atoms with van der Waals surface area (Å²) in [6.07, 6.45) is 3.44. The molecule has 0 aromatic heterocycles. The van der Waals surface area contributed by atoms with E-state index in [4.69, 9.17) is 11.6 Å². The van der Waals surface area contributed by atoms with Gasteiger partial charge in [-0.05, 0) is 61.8 Å². The van der Waals surface area contributed by atoms with Crippen LogP contribution in [0.3, 0.4) is 0 Å². The van der Waals surface area contributed by atoms with E-state index < -0.39 is 5.60 Å². The molecule has 1 amide bonds. The number of aliphatic hydroxyl groups is 1. The summed E-state index contributed by atoms with van der Waals surface area (Å²) in [5, 5.41) is 14.1. The fourth-order valence-corrected chi connectivity index (χ4v) is 2.82. The lowest BCUT2D eigenvalue weighted by molar-refractivity contribution is -0.0233. The Kier molecular flexibility index (Phi) is 4.64. The number of carbonyl (C=O) groups is 1. The van der Waals surface area contributed by atoms with Crippen LogP contribution >= 0.6 is 11.6 Å². The smallest absolute Gasteiger partial charge is 0.251 e. The molecule has 0 bridgehead atoms. The van der Waals surface area contributed by atoms with E-state index in [1.807, 2.05) is 6.92 Å². The molecular weight excluding hydrogens is 286 g/mol. The highest BCUT2D eigenvalue weighted by Gasteiger charge is 2.36. The van der Waals surface area contributed by atoms with Crippen LogP contribution in [-0.2, 0) is 0 Å². The topological polar surface area (TPSA) is 49.3 Å². The van der Waals surface area contributed by atoms with Crippen molar-refractivity contribution < 1.29 is 9.90 Å². The number of benzene rings is 1. The van der Waals surface area contributed by atoms with Gasteiger partial charge in [0.15, 0.2) is 0 Å². The van der Waals surface area contributed by atoms with Crippen LogP contribution in [-0.4, -0.2) is 23.2 Å². The number of amides is 1. The van der Waals surface area contributed by atoms with Crippen LogP contribution in [0.2, 0.25) is 5.02 Å². The molecule has 1 fully saturated rings. The molecule has 0 spiro atoms. The molecule has 1 aliphatic carbocycles. The Bertz CT molecular complexity index is 530. The normalized spacial score (nSPS) is 20.0. The minimum Gasteiger partial charge on any atom is -0.388 e. The van der Waals surface area contributed by atoms with Gasteiger partial charge in [0.25, 0.3) is 5.91 Å². The van der Waals surface area contributed by atoms with Crippen LogP contribution in [0.1, 0.15) is 55.5 Å². The molecule has 0 radical (unpaired) electrons. The standard InChI is InChI=1S/C17H24ClNO2/c1-12-10-13(4-5-14(12)18)15(20)19-11-17(21)8-6-16(2,3)7-9-17/h4-5,10,21H,6-9,11H2,1-3H3,(H,19,20). The molecule has 1 aliphatic rings. The highest BCUT2D eigenvalue weighted by molar-refractivity contribution is 6.31. The molecule has 4 heteroatoms. The van der Waals surface area contributed by atoms with Crippen molar-refractivity contribution in [2.24, 2.45) is 5.41 Å². The summed E-state index contributed by atoms with van der Waals surface area (Å²) < 4.78 is 0. The Hall–Kier alpha value is -1.06. The number of hydrogen-bond donors (Lipinski definition) is 2. The van der Waals surface area contributed by atoms with Crippen molar-refractivity contribution in [3.8, 4) is 0 Å². The molecule has 1 aromatic carbocycles. The van der Waals surface area contributed by atoms with Gasteiger partial charge in [0.05, 0.1) is 5.60 Å². The molecule has 2 N–H and O–H groups in total. The molecule has 116 valence electrons. The van der Waals surface area contributed by atoms with Gasteiger partial charge in [-0.3, -0.25) is 4.79 Å². The first-order valence-corrected chi connectivity index (χ1v) is 7.85. The van der Waals surface area contributed by atoms with Crippen LogP contribution in [0, 0.1) is 12.3 Å². The molecule has 0 aliphatic heterocycles. The zero-order chi connectivity index (χ0) is 15.7. The van der Waals surface area contributed by atoms with E-state index in [1.165, 1.54) is 0 Å². The first-order valence-electron chi connectivity index (χ1n) is 7.48. The zero-order valence-corrected chi connectivity index (χ0v) is 13.8. The third-order valence-electron chi connectivity index (χ3n) is 4.53. The van der Waals surface area contributed by atoms with Crippen molar-refractivity contribution in [1.29, 1.82) is 0 Å². The molecule has 0 heterocycles. The predicted octanol–water partition coefficient (Wildman–Crippen LogP) is 3.71. The van der Waals surface area contributed by atoms with Crippen molar-refractivity contribution >= 4 is 17.5 Å². The number of hydrogen-bond acceptors (Lipinski definition) is 2. The largest absolute Gasteiger partial charge is 0.388 e. The zero-order valence-electron chi connectivity index (χ0n) is 13.0. The number of halogens is 1. The number of aryl methyl sites for hydroxylation is 1. The third-order valence-corrected chi connectivity index (χ3v) is 4.96. The van der Waals surface area contributed by atoms with E-state index >= 15 is 0 Å². The first-order chi connectivity index (χ1) is 9.71. The van der Waals surface area contributed by atoms with Gasteiger partial charge in [0.1, 0.15) is 0 Å². The van der Waals surface area contributed by atoms with Gasteiger partial charge in [0, 0.05) is 17.1 Å². The summed E-state index contributed by atoms with van der Waals surface area (Å²) in [4.78, 5) is 12.2. The highest BCUT2D eigenvalue weighted by atomic mass is 35.5. The maximum absolute atomic E-state index is 12.2. The van der Waals surface area contributed by atoms with E-state index in [0.717, 1.165) is 31.2 Å². The van der Waals surface area contributed by atoms with Crippen molar-refractivity contribution in [1.82, 2.24) is 5.32 Å². The van der Waals surface area contributed by atoms with E-state index in [-0.39, 0.29) is 5.91 Å². The van der Waals surface area contributed by atoms with Crippen molar-refractivity contribution in [3.63, 3.8) is 0 Å². The fraction of sp³-hybridized carbons (Fsp3) is 0.588. The van der Waals surface area contributed by atoms with Crippen LogP contribution in [0.25, 0.3) is 0 Å². The third kappa shape index (κ3) is 4.21. The summed E-state index contributed by atoms with van der Waals surface area (Å²) in [7, 11) is 0. The Morgan fingerprint density at radius 3 is 2.48 bits per heavy atom. The van der Waals surface area contributed by atoms with Crippen LogP contribution in [0.5, 0.6) is 0 Å². The lowest BCUT2D eigenvalue weighted by Gasteiger charge is -2.40. The van der Waals surface area contributed by atoms with Crippen molar-refractivity contribution in [2.45, 2.75) is 52.1 Å². The summed E-state index contributed by atoms with van der Waals surface area (Å²) >= 11 is 5.96. The van der Waals surface area contributed by atoms with Gasteiger partial charge in [-0.1, -0.05) is 25.4 Å². The summed E-state index contributed by atoms with van der Waals surface area (Å²) in [5.41, 5.74) is 0.981. The second kappa shape index (κ2) is 5.98.